The van der Waals surface area contributed by atoms with E-state index in [0.29, 0.717) is 20.8 Å². The van der Waals surface area contributed by atoms with Crippen LogP contribution in [0.3, 0.4) is 0 Å². The predicted octanol–water partition coefficient (Wildman–Crippen LogP) is 2.79. The molecule has 2 aromatic carbocycles. The quantitative estimate of drug-likeness (QED) is 0.870. The van der Waals surface area contributed by atoms with Gasteiger partial charge in [0.1, 0.15) is 0 Å². The number of nitrogens with two attached hydrogens (primary N) is 1. The molecule has 0 heterocycles. The molecule has 16 heavy (non-hydrogen) atoms. The van der Waals surface area contributed by atoms with Gasteiger partial charge in [-0.05, 0) is 18.2 Å². The summed E-state index contributed by atoms with van der Waals surface area (Å²) >= 11 is 11.9. The SMILES string of the molecule is NS(=O)(=O)c1cccc2c(Cl)ccc(Cl)c12. The lowest BCUT2D eigenvalue weighted by Crippen LogP contribution is -2.12. The van der Waals surface area contributed by atoms with E-state index >= 15 is 0 Å². The second kappa shape index (κ2) is 3.89. The summed E-state index contributed by atoms with van der Waals surface area (Å²) in [5, 5.41) is 6.79. The van der Waals surface area contributed by atoms with Gasteiger partial charge in [-0.25, -0.2) is 13.6 Å². The van der Waals surface area contributed by atoms with E-state index < -0.39 is 10.0 Å². The van der Waals surface area contributed by atoms with Crippen LogP contribution in [0.4, 0.5) is 0 Å². The second-order valence-electron chi connectivity index (χ2n) is 3.25. The Balaban J connectivity index is 3.04. The van der Waals surface area contributed by atoms with E-state index in [-0.39, 0.29) is 4.90 Å². The van der Waals surface area contributed by atoms with Crippen molar-refractivity contribution in [3.63, 3.8) is 0 Å². The van der Waals surface area contributed by atoms with Crippen LogP contribution in [-0.2, 0) is 10.0 Å². The topological polar surface area (TPSA) is 60.2 Å². The van der Waals surface area contributed by atoms with E-state index in [1.54, 1.807) is 24.3 Å². The fourth-order valence-corrected chi connectivity index (χ4v) is 2.85. The van der Waals surface area contributed by atoms with Crippen LogP contribution >= 0.6 is 23.2 Å². The minimum atomic E-state index is -3.81. The first-order chi connectivity index (χ1) is 7.41. The number of sulfonamides is 1. The summed E-state index contributed by atoms with van der Waals surface area (Å²) in [6, 6.07) is 7.82. The van der Waals surface area contributed by atoms with E-state index in [1.165, 1.54) is 6.07 Å². The lowest BCUT2D eigenvalue weighted by atomic mass is 10.1. The molecule has 0 aromatic heterocycles. The van der Waals surface area contributed by atoms with Gasteiger partial charge in [0.05, 0.1) is 4.90 Å². The second-order valence-corrected chi connectivity index (χ2v) is 5.60. The van der Waals surface area contributed by atoms with Gasteiger partial charge in [0.25, 0.3) is 0 Å². The highest BCUT2D eigenvalue weighted by Crippen LogP contribution is 2.33. The molecule has 0 bridgehead atoms. The third-order valence-electron chi connectivity index (χ3n) is 2.20. The van der Waals surface area contributed by atoms with Gasteiger partial charge in [0.15, 0.2) is 0 Å². The Hall–Kier alpha value is -0.810. The molecular weight excluding hydrogens is 269 g/mol. The van der Waals surface area contributed by atoms with Crippen LogP contribution in [-0.4, -0.2) is 8.42 Å². The van der Waals surface area contributed by atoms with Gasteiger partial charge in [-0.1, -0.05) is 35.3 Å². The molecule has 0 unspecified atom stereocenters. The van der Waals surface area contributed by atoms with E-state index in [1.807, 2.05) is 0 Å². The molecule has 0 fully saturated rings. The molecule has 0 spiro atoms. The largest absolute Gasteiger partial charge is 0.238 e. The van der Waals surface area contributed by atoms with Crippen molar-refractivity contribution in [1.82, 2.24) is 0 Å². The Labute approximate surface area is 103 Å². The van der Waals surface area contributed by atoms with Crippen molar-refractivity contribution in [2.24, 2.45) is 5.14 Å². The summed E-state index contributed by atoms with van der Waals surface area (Å²) < 4.78 is 22.8. The summed E-state index contributed by atoms with van der Waals surface area (Å²) in [6.45, 7) is 0. The molecule has 0 saturated heterocycles. The molecule has 2 aromatic rings. The van der Waals surface area contributed by atoms with Gasteiger partial charge in [0, 0.05) is 20.8 Å². The normalized spacial score (nSPS) is 11.9. The van der Waals surface area contributed by atoms with Gasteiger partial charge >= 0.3 is 0 Å². The van der Waals surface area contributed by atoms with Gasteiger partial charge in [-0.3, -0.25) is 0 Å². The average molecular weight is 276 g/mol. The first-order valence-corrected chi connectivity index (χ1v) is 6.61. The number of hydrogen-bond donors (Lipinski definition) is 1. The van der Waals surface area contributed by atoms with Gasteiger partial charge < -0.3 is 0 Å². The number of halogens is 2. The lowest BCUT2D eigenvalue weighted by molar-refractivity contribution is 0.598. The molecule has 0 saturated carbocycles. The molecule has 2 rings (SSSR count). The highest BCUT2D eigenvalue weighted by molar-refractivity contribution is 7.89. The lowest BCUT2D eigenvalue weighted by Gasteiger charge is -2.07. The molecule has 2 N–H and O–H groups in total. The van der Waals surface area contributed by atoms with Crippen molar-refractivity contribution in [2.75, 3.05) is 0 Å². The minimum absolute atomic E-state index is 0.0162. The predicted molar refractivity (Wildman–Crippen MR) is 65.3 cm³/mol. The maximum absolute atomic E-state index is 11.4. The van der Waals surface area contributed by atoms with Crippen LogP contribution in [0.5, 0.6) is 0 Å². The van der Waals surface area contributed by atoms with Crippen molar-refractivity contribution < 1.29 is 8.42 Å². The maximum atomic E-state index is 11.4. The molecule has 0 aliphatic rings. The number of benzene rings is 2. The third-order valence-corrected chi connectivity index (χ3v) is 3.80. The molecule has 6 heteroatoms. The zero-order valence-corrected chi connectivity index (χ0v) is 10.3. The summed E-state index contributed by atoms with van der Waals surface area (Å²) in [5.41, 5.74) is 0. The Kier molecular flexibility index (Phi) is 2.84. The molecule has 3 nitrogen and oxygen atoms in total. The van der Waals surface area contributed by atoms with Crippen molar-refractivity contribution >= 4 is 44.0 Å². The Morgan fingerprint density at radius 2 is 1.62 bits per heavy atom. The van der Waals surface area contributed by atoms with Crippen molar-refractivity contribution in [2.45, 2.75) is 4.90 Å². The molecular formula is C10H7Cl2NO2S. The maximum Gasteiger partial charge on any atom is 0.238 e. The van der Waals surface area contributed by atoms with E-state index in [4.69, 9.17) is 28.3 Å². The minimum Gasteiger partial charge on any atom is -0.225 e. The van der Waals surface area contributed by atoms with Crippen LogP contribution in [0.15, 0.2) is 35.2 Å². The van der Waals surface area contributed by atoms with Gasteiger partial charge in [-0.2, -0.15) is 0 Å². The van der Waals surface area contributed by atoms with Crippen LogP contribution in [0.25, 0.3) is 10.8 Å². The number of rotatable bonds is 1. The molecule has 0 atom stereocenters. The van der Waals surface area contributed by atoms with E-state index in [9.17, 15) is 8.42 Å². The fraction of sp³-hybridized carbons (Fsp3) is 0. The van der Waals surface area contributed by atoms with Crippen LogP contribution in [0, 0.1) is 0 Å². The Morgan fingerprint density at radius 3 is 2.25 bits per heavy atom. The number of fused-ring (bicyclic) bond motifs is 1. The fourth-order valence-electron chi connectivity index (χ4n) is 1.53. The van der Waals surface area contributed by atoms with E-state index in [0.717, 1.165) is 0 Å². The highest BCUT2D eigenvalue weighted by Gasteiger charge is 2.15. The van der Waals surface area contributed by atoms with Crippen molar-refractivity contribution in [3.8, 4) is 0 Å². The summed E-state index contributed by atoms with van der Waals surface area (Å²) in [6.07, 6.45) is 0. The standard InChI is InChI=1S/C10H7Cl2NO2S/c11-7-4-5-8(12)10-6(7)2-1-3-9(10)16(13,14)15/h1-5H,(H2,13,14,15). The third kappa shape index (κ3) is 1.89. The van der Waals surface area contributed by atoms with Gasteiger partial charge in [-0.15, -0.1) is 0 Å². The Bertz CT molecular complexity index is 668. The highest BCUT2D eigenvalue weighted by atomic mass is 35.5. The summed E-state index contributed by atoms with van der Waals surface area (Å²) in [5.74, 6) is 0. The van der Waals surface area contributed by atoms with Crippen molar-refractivity contribution in [3.05, 3.63) is 40.4 Å². The Morgan fingerprint density at radius 1 is 1.00 bits per heavy atom. The van der Waals surface area contributed by atoms with Crippen LogP contribution < -0.4 is 5.14 Å². The zero-order valence-electron chi connectivity index (χ0n) is 7.94. The average Bonchev–Trinajstić information content (AvgIpc) is 2.22. The molecule has 0 radical (unpaired) electrons. The monoisotopic (exact) mass is 275 g/mol. The van der Waals surface area contributed by atoms with Crippen LogP contribution in [0.1, 0.15) is 0 Å². The molecule has 0 aliphatic carbocycles. The van der Waals surface area contributed by atoms with E-state index in [2.05, 4.69) is 0 Å². The van der Waals surface area contributed by atoms with Crippen molar-refractivity contribution in [1.29, 1.82) is 0 Å². The first kappa shape index (κ1) is 11.7. The van der Waals surface area contributed by atoms with Gasteiger partial charge in [0.2, 0.25) is 10.0 Å². The number of hydrogen-bond acceptors (Lipinski definition) is 2. The summed E-state index contributed by atoms with van der Waals surface area (Å²) in [4.78, 5) is -0.0162. The first-order valence-electron chi connectivity index (χ1n) is 4.31. The van der Waals surface area contributed by atoms with Crippen LogP contribution in [0.2, 0.25) is 10.0 Å². The molecule has 0 amide bonds. The smallest absolute Gasteiger partial charge is 0.225 e. The summed E-state index contributed by atoms with van der Waals surface area (Å²) in [7, 11) is -3.81. The number of primary sulfonamides is 1. The molecule has 84 valence electrons. The zero-order chi connectivity index (χ0) is 11.9. The molecule has 0 aliphatic heterocycles.